The largest absolute Gasteiger partial charge is 0.347 e. The molecule has 17 heavy (non-hydrogen) atoms. The molecule has 2 atom stereocenters. The number of hydrogen-bond donors (Lipinski definition) is 1. The van der Waals surface area contributed by atoms with E-state index in [9.17, 15) is 0 Å². The summed E-state index contributed by atoms with van der Waals surface area (Å²) >= 11 is 0. The van der Waals surface area contributed by atoms with Crippen LogP contribution in [0.5, 0.6) is 0 Å². The molecule has 0 saturated carbocycles. The minimum Gasteiger partial charge on any atom is -0.347 e. The summed E-state index contributed by atoms with van der Waals surface area (Å²) in [7, 11) is 0. The summed E-state index contributed by atoms with van der Waals surface area (Å²) < 4.78 is 5.55. The van der Waals surface area contributed by atoms with E-state index >= 15 is 0 Å². The van der Waals surface area contributed by atoms with Crippen LogP contribution in [-0.4, -0.2) is 12.3 Å². The lowest BCUT2D eigenvalue weighted by Gasteiger charge is -2.14. The topological polar surface area (TPSA) is 48.3 Å². The van der Waals surface area contributed by atoms with Crippen molar-refractivity contribution < 1.29 is 4.74 Å². The molecule has 1 aliphatic rings. The second-order valence-electron chi connectivity index (χ2n) is 5.03. The van der Waals surface area contributed by atoms with E-state index in [0.29, 0.717) is 12.0 Å². The van der Waals surface area contributed by atoms with Crippen molar-refractivity contribution in [2.24, 2.45) is 5.92 Å². The molecule has 0 aromatic heterocycles. The van der Waals surface area contributed by atoms with Crippen LogP contribution in [0.25, 0.3) is 0 Å². The third-order valence-corrected chi connectivity index (χ3v) is 3.55. The van der Waals surface area contributed by atoms with Crippen LogP contribution in [0.3, 0.4) is 0 Å². The first-order valence-corrected chi connectivity index (χ1v) is 7.13. The van der Waals surface area contributed by atoms with Gasteiger partial charge in [-0.05, 0) is 18.8 Å². The zero-order valence-corrected chi connectivity index (χ0v) is 11.2. The normalized spacial score (nSPS) is 22.5. The van der Waals surface area contributed by atoms with Crippen molar-refractivity contribution in [3.05, 3.63) is 0 Å². The Balaban J connectivity index is 2.24. The van der Waals surface area contributed by atoms with Gasteiger partial charge in [-0.15, -0.1) is 0 Å². The van der Waals surface area contributed by atoms with Crippen LogP contribution in [0.15, 0.2) is 0 Å². The van der Waals surface area contributed by atoms with Crippen molar-refractivity contribution in [2.75, 3.05) is 0 Å². The molecule has 1 rings (SSSR count). The van der Waals surface area contributed by atoms with Gasteiger partial charge < -0.3 is 4.74 Å². The van der Waals surface area contributed by atoms with Gasteiger partial charge in [0.2, 0.25) is 0 Å². The molecule has 98 valence electrons. The average Bonchev–Trinajstić information content (AvgIpc) is 3.07. The molecular weight excluding hydrogens is 212 g/mol. The minimum atomic E-state index is 0.00764. The van der Waals surface area contributed by atoms with Crippen molar-refractivity contribution in [3.8, 4) is 6.19 Å². The van der Waals surface area contributed by atoms with Gasteiger partial charge in [-0.3, -0.25) is 5.32 Å². The highest BCUT2D eigenvalue weighted by atomic mass is 16.6. The fourth-order valence-electron chi connectivity index (χ4n) is 2.45. The molecule has 1 N–H and O–H groups in total. The summed E-state index contributed by atoms with van der Waals surface area (Å²) in [6.07, 6.45) is 12.6. The third kappa shape index (κ3) is 5.41. The number of epoxide rings is 1. The molecule has 1 saturated heterocycles. The predicted molar refractivity (Wildman–Crippen MR) is 69.2 cm³/mol. The molecule has 0 aromatic carbocycles. The zero-order chi connectivity index (χ0) is 12.5. The molecule has 1 fully saturated rings. The van der Waals surface area contributed by atoms with Gasteiger partial charge in [0.05, 0.1) is 0 Å². The first-order chi connectivity index (χ1) is 8.33. The lowest BCUT2D eigenvalue weighted by Crippen LogP contribution is -2.19. The van der Waals surface area contributed by atoms with Gasteiger partial charge in [-0.2, -0.15) is 5.26 Å². The van der Waals surface area contributed by atoms with Crippen molar-refractivity contribution >= 4 is 0 Å². The first kappa shape index (κ1) is 14.3. The Morgan fingerprint density at radius 3 is 2.18 bits per heavy atom. The van der Waals surface area contributed by atoms with E-state index in [1.54, 1.807) is 0 Å². The molecule has 1 heterocycles. The lowest BCUT2D eigenvalue weighted by molar-refractivity contribution is 0.282. The maximum absolute atomic E-state index is 8.56. The van der Waals surface area contributed by atoms with Crippen LogP contribution in [0.1, 0.15) is 65.2 Å². The number of nitriles is 1. The quantitative estimate of drug-likeness (QED) is 0.274. The Kier molecular flexibility index (Phi) is 7.04. The molecule has 2 unspecified atom stereocenters. The average molecular weight is 238 g/mol. The van der Waals surface area contributed by atoms with E-state index in [4.69, 9.17) is 10.00 Å². The highest BCUT2D eigenvalue weighted by Gasteiger charge is 2.44. The van der Waals surface area contributed by atoms with Crippen LogP contribution in [0.2, 0.25) is 0 Å². The van der Waals surface area contributed by atoms with E-state index in [2.05, 4.69) is 19.2 Å². The van der Waals surface area contributed by atoms with Gasteiger partial charge in [-0.25, -0.2) is 0 Å². The van der Waals surface area contributed by atoms with Crippen molar-refractivity contribution in [1.82, 2.24) is 5.32 Å². The Bertz CT molecular complexity index is 227. The second kappa shape index (κ2) is 8.36. The molecule has 0 spiro atoms. The van der Waals surface area contributed by atoms with E-state index in [1.165, 1.54) is 51.4 Å². The number of ether oxygens (including phenoxy) is 1. The van der Waals surface area contributed by atoms with E-state index < -0.39 is 0 Å². The van der Waals surface area contributed by atoms with Crippen molar-refractivity contribution in [3.63, 3.8) is 0 Å². The Morgan fingerprint density at radius 1 is 1.12 bits per heavy atom. The van der Waals surface area contributed by atoms with E-state index in [1.807, 2.05) is 6.19 Å². The summed E-state index contributed by atoms with van der Waals surface area (Å²) in [5.41, 5.74) is 0. The monoisotopic (exact) mass is 238 g/mol. The number of nitrogens with zero attached hydrogens (tertiary/aromatic N) is 1. The van der Waals surface area contributed by atoms with Gasteiger partial charge in [0.15, 0.2) is 12.4 Å². The Labute approximate surface area is 106 Å². The fourth-order valence-corrected chi connectivity index (χ4v) is 2.45. The van der Waals surface area contributed by atoms with Gasteiger partial charge in [0.1, 0.15) is 6.10 Å². The van der Waals surface area contributed by atoms with Gasteiger partial charge in [-0.1, -0.05) is 52.4 Å². The van der Waals surface area contributed by atoms with E-state index in [0.717, 1.165) is 0 Å². The molecule has 1 aliphatic heterocycles. The number of nitrogens with one attached hydrogen (secondary N) is 1. The maximum atomic E-state index is 8.56. The highest BCUT2D eigenvalue weighted by molar-refractivity contribution is 4.92. The van der Waals surface area contributed by atoms with Gasteiger partial charge >= 0.3 is 0 Å². The highest BCUT2D eigenvalue weighted by Crippen LogP contribution is 2.34. The summed E-state index contributed by atoms with van der Waals surface area (Å²) in [4.78, 5) is 0. The van der Waals surface area contributed by atoms with Crippen molar-refractivity contribution in [1.29, 1.82) is 5.26 Å². The SMILES string of the molecule is CCCCCC(CCCCC)C1OC1NC#N. The van der Waals surface area contributed by atoms with Crippen LogP contribution < -0.4 is 5.32 Å². The van der Waals surface area contributed by atoms with Crippen LogP contribution in [0.4, 0.5) is 0 Å². The van der Waals surface area contributed by atoms with Crippen molar-refractivity contribution in [2.45, 2.75) is 77.5 Å². The number of unbranched alkanes of at least 4 members (excludes halogenated alkanes) is 4. The standard InChI is InChI=1S/C14H26N2O/c1-3-5-7-9-12(10-8-6-4-2)13-14(17-13)16-11-15/h12-14,16H,3-10H2,1-2H3. The lowest BCUT2D eigenvalue weighted by atomic mass is 9.92. The summed E-state index contributed by atoms with van der Waals surface area (Å²) in [6.45, 7) is 4.47. The first-order valence-electron chi connectivity index (χ1n) is 7.13. The minimum absolute atomic E-state index is 0.00764. The summed E-state index contributed by atoms with van der Waals surface area (Å²) in [6, 6.07) is 0. The number of hydrogen-bond acceptors (Lipinski definition) is 3. The Hall–Kier alpha value is -0.750. The zero-order valence-electron chi connectivity index (χ0n) is 11.2. The van der Waals surface area contributed by atoms with Crippen LogP contribution in [-0.2, 0) is 4.74 Å². The number of rotatable bonds is 10. The van der Waals surface area contributed by atoms with Gasteiger partial charge in [0, 0.05) is 0 Å². The predicted octanol–water partition coefficient (Wildman–Crippen LogP) is 3.56. The molecule has 0 bridgehead atoms. The molecule has 0 aromatic rings. The van der Waals surface area contributed by atoms with E-state index in [-0.39, 0.29) is 6.23 Å². The van der Waals surface area contributed by atoms with Gasteiger partial charge in [0.25, 0.3) is 0 Å². The second-order valence-corrected chi connectivity index (χ2v) is 5.03. The molecule has 3 nitrogen and oxygen atoms in total. The smallest absolute Gasteiger partial charge is 0.178 e. The molecule has 0 radical (unpaired) electrons. The molecule has 0 amide bonds. The van der Waals surface area contributed by atoms with Crippen LogP contribution >= 0.6 is 0 Å². The summed E-state index contributed by atoms with van der Waals surface area (Å²) in [5.74, 6) is 0.652. The van der Waals surface area contributed by atoms with Crippen LogP contribution in [0, 0.1) is 17.4 Å². The summed E-state index contributed by atoms with van der Waals surface area (Å²) in [5, 5.41) is 11.3. The molecule has 3 heteroatoms. The third-order valence-electron chi connectivity index (χ3n) is 3.55. The Morgan fingerprint density at radius 2 is 1.71 bits per heavy atom. The fraction of sp³-hybridized carbons (Fsp3) is 0.929. The maximum Gasteiger partial charge on any atom is 0.178 e. The molecular formula is C14H26N2O. The molecule has 0 aliphatic carbocycles.